The van der Waals surface area contributed by atoms with Crippen LogP contribution in [0, 0.1) is 0 Å². The summed E-state index contributed by atoms with van der Waals surface area (Å²) in [7, 11) is 0. The quantitative estimate of drug-likeness (QED) is 0.180. The molecule has 13 aromatic rings. The number of aliphatic imine (C=N–C) groups is 2. The summed E-state index contributed by atoms with van der Waals surface area (Å²) in [6, 6.07) is 74.1. The van der Waals surface area contributed by atoms with Gasteiger partial charge in [0.1, 0.15) is 23.2 Å². The number of para-hydroxylation sites is 2. The Balaban J connectivity index is 1.01. The van der Waals surface area contributed by atoms with Gasteiger partial charge in [-0.25, -0.2) is 9.98 Å². The van der Waals surface area contributed by atoms with Crippen LogP contribution in [-0.2, 0) is 0 Å². The molecular weight excluding hydrogens is 781 g/mol. The second-order valence-corrected chi connectivity index (χ2v) is 17.0. The Morgan fingerprint density at radius 2 is 1.03 bits per heavy atom. The van der Waals surface area contributed by atoms with E-state index in [0.29, 0.717) is 11.7 Å². The van der Waals surface area contributed by atoms with E-state index < -0.39 is 6.17 Å². The predicted molar refractivity (Wildman–Crippen MR) is 267 cm³/mol. The topological polar surface area (TPSA) is 54.8 Å². The zero-order valence-corrected chi connectivity index (χ0v) is 34.5. The van der Waals surface area contributed by atoms with Crippen LogP contribution in [0.15, 0.2) is 221 Å². The van der Waals surface area contributed by atoms with E-state index in [4.69, 9.17) is 14.4 Å². The summed E-state index contributed by atoms with van der Waals surface area (Å²) < 4.78 is 9.25. The van der Waals surface area contributed by atoms with Gasteiger partial charge < -0.3 is 14.3 Å². The van der Waals surface area contributed by atoms with Gasteiger partial charge in [0.2, 0.25) is 0 Å². The molecule has 1 aliphatic rings. The summed E-state index contributed by atoms with van der Waals surface area (Å²) >= 11 is 0. The van der Waals surface area contributed by atoms with Gasteiger partial charge in [0.05, 0.1) is 16.6 Å². The number of hydrogen-bond donors (Lipinski definition) is 1. The molecule has 0 radical (unpaired) electrons. The van der Waals surface area contributed by atoms with Crippen LogP contribution in [0.25, 0.3) is 103 Å². The summed E-state index contributed by atoms with van der Waals surface area (Å²) in [6.45, 7) is 0. The lowest BCUT2D eigenvalue weighted by Crippen LogP contribution is -2.33. The first kappa shape index (κ1) is 35.1. The maximum absolute atomic E-state index is 6.85. The minimum Gasteiger partial charge on any atom is -0.455 e. The third kappa shape index (κ3) is 5.31. The summed E-state index contributed by atoms with van der Waals surface area (Å²) in [6.07, 6.45) is -0.437. The van der Waals surface area contributed by atoms with Gasteiger partial charge in [-0.05, 0) is 108 Å². The number of benzene rings is 11. The largest absolute Gasteiger partial charge is 0.455 e. The van der Waals surface area contributed by atoms with Crippen LogP contribution in [0.2, 0.25) is 0 Å². The lowest BCUT2D eigenvalue weighted by Gasteiger charge is -2.24. The number of furan rings is 1. The zero-order valence-electron chi connectivity index (χ0n) is 34.5. The highest BCUT2D eigenvalue weighted by Gasteiger charge is 2.26. The number of fused-ring (bicyclic) bond motifs is 13. The van der Waals surface area contributed by atoms with E-state index >= 15 is 0 Å². The molecule has 0 saturated carbocycles. The third-order valence-electron chi connectivity index (χ3n) is 13.3. The van der Waals surface area contributed by atoms with Gasteiger partial charge in [0, 0.05) is 32.8 Å². The van der Waals surface area contributed by atoms with Crippen LogP contribution >= 0.6 is 0 Å². The molecule has 1 aliphatic heterocycles. The van der Waals surface area contributed by atoms with E-state index in [0.717, 1.165) is 66.1 Å². The Hall–Kier alpha value is -8.54. The van der Waals surface area contributed by atoms with E-state index in [1.54, 1.807) is 0 Å². The second kappa shape index (κ2) is 13.5. The Morgan fingerprint density at radius 3 is 1.81 bits per heavy atom. The minimum absolute atomic E-state index is 0.437. The Morgan fingerprint density at radius 1 is 0.422 bits per heavy atom. The highest BCUT2D eigenvalue weighted by molar-refractivity contribution is 6.22. The van der Waals surface area contributed by atoms with Crippen molar-refractivity contribution in [3.8, 4) is 5.69 Å². The highest BCUT2D eigenvalue weighted by Crippen LogP contribution is 2.40. The summed E-state index contributed by atoms with van der Waals surface area (Å²) in [5.41, 5.74) is 7.77. The normalized spacial score (nSPS) is 14.4. The Bertz CT molecular complexity index is 4190. The van der Waals surface area contributed by atoms with Crippen LogP contribution in [0.3, 0.4) is 0 Å². The molecule has 0 amide bonds. The minimum atomic E-state index is -0.437. The average Bonchev–Trinajstić information content (AvgIpc) is 3.90. The van der Waals surface area contributed by atoms with Crippen molar-refractivity contribution >= 4 is 109 Å². The number of aromatic nitrogens is 1. The third-order valence-corrected chi connectivity index (χ3v) is 13.3. The number of nitrogens with one attached hydrogen (secondary N) is 1. The molecule has 1 atom stereocenters. The molecule has 2 aromatic heterocycles. The van der Waals surface area contributed by atoms with Gasteiger partial charge in [0.15, 0.2) is 5.84 Å². The van der Waals surface area contributed by atoms with Gasteiger partial charge in [-0.3, -0.25) is 0 Å². The molecule has 64 heavy (non-hydrogen) atoms. The number of nitrogens with zero attached hydrogens (tertiary/aromatic N) is 3. The zero-order chi connectivity index (χ0) is 41.9. The molecule has 5 heteroatoms. The summed E-state index contributed by atoms with van der Waals surface area (Å²) in [4.78, 5) is 10.9. The molecule has 0 fully saturated rings. The average molecular weight is 817 g/mol. The van der Waals surface area contributed by atoms with Crippen molar-refractivity contribution in [3.63, 3.8) is 0 Å². The standard InChI is InChI=1S/C59H36N4O/c1-2-14-38-32-54-50(31-37(38)13-1)48-17-7-9-19-53(48)63(54)43-33-51-49-18-8-10-20-55(49)64-56(51)52(34-43)59-61-57(41-25-27-46-39(29-41)23-21-35-11-3-5-15-44(35)46)60-58(62-59)42-26-28-47-40(30-42)24-22-36-12-4-6-16-45(36)47/h1-34,57H,(H,60,61,62). The molecule has 3 heterocycles. The molecule has 11 aromatic carbocycles. The lowest BCUT2D eigenvalue weighted by atomic mass is 9.98. The molecule has 0 spiro atoms. The van der Waals surface area contributed by atoms with Crippen LogP contribution in [0.4, 0.5) is 0 Å². The molecule has 1 unspecified atom stereocenters. The first-order valence-corrected chi connectivity index (χ1v) is 21.8. The van der Waals surface area contributed by atoms with Gasteiger partial charge >= 0.3 is 0 Å². The molecule has 5 nitrogen and oxygen atoms in total. The van der Waals surface area contributed by atoms with Crippen molar-refractivity contribution in [2.45, 2.75) is 6.17 Å². The summed E-state index contributed by atoms with van der Waals surface area (Å²) in [5.74, 6) is 1.36. The van der Waals surface area contributed by atoms with Gasteiger partial charge in [-0.15, -0.1) is 0 Å². The van der Waals surface area contributed by atoms with E-state index in [2.05, 4.69) is 210 Å². The Kier molecular flexibility index (Phi) is 7.39. The number of rotatable bonds is 4. The Labute approximate surface area is 366 Å². The van der Waals surface area contributed by atoms with Crippen LogP contribution in [-0.4, -0.2) is 16.2 Å². The molecule has 14 rings (SSSR count). The molecule has 0 bridgehead atoms. The maximum Gasteiger partial charge on any atom is 0.159 e. The fourth-order valence-electron chi connectivity index (χ4n) is 10.3. The fourth-order valence-corrected chi connectivity index (χ4v) is 10.3. The van der Waals surface area contributed by atoms with Crippen LogP contribution in [0.1, 0.15) is 22.9 Å². The van der Waals surface area contributed by atoms with E-state index in [1.807, 2.05) is 6.07 Å². The second-order valence-electron chi connectivity index (χ2n) is 17.0. The van der Waals surface area contributed by atoms with Crippen LogP contribution in [0.5, 0.6) is 0 Å². The molecule has 0 saturated heterocycles. The van der Waals surface area contributed by atoms with Crippen molar-refractivity contribution in [1.29, 1.82) is 0 Å². The first-order valence-electron chi connectivity index (χ1n) is 21.8. The van der Waals surface area contributed by atoms with Gasteiger partial charge in [-0.1, -0.05) is 158 Å². The van der Waals surface area contributed by atoms with Crippen molar-refractivity contribution in [3.05, 3.63) is 223 Å². The van der Waals surface area contributed by atoms with Gasteiger partial charge in [-0.2, -0.15) is 0 Å². The maximum atomic E-state index is 6.85. The van der Waals surface area contributed by atoms with E-state index in [-0.39, 0.29) is 0 Å². The monoisotopic (exact) mass is 816 g/mol. The fraction of sp³-hybridized carbons (Fsp3) is 0.0169. The smallest absolute Gasteiger partial charge is 0.159 e. The molecule has 0 aliphatic carbocycles. The van der Waals surface area contributed by atoms with E-state index in [9.17, 15) is 0 Å². The van der Waals surface area contributed by atoms with Gasteiger partial charge in [0.25, 0.3) is 0 Å². The number of amidine groups is 2. The summed E-state index contributed by atoms with van der Waals surface area (Å²) in [5, 5.41) is 20.4. The van der Waals surface area contributed by atoms with Crippen molar-refractivity contribution in [2.75, 3.05) is 0 Å². The number of hydrogen-bond acceptors (Lipinski definition) is 4. The first-order chi connectivity index (χ1) is 31.7. The van der Waals surface area contributed by atoms with Crippen molar-refractivity contribution in [1.82, 2.24) is 9.88 Å². The predicted octanol–water partition coefficient (Wildman–Crippen LogP) is 14.9. The van der Waals surface area contributed by atoms with Crippen molar-refractivity contribution < 1.29 is 4.42 Å². The molecule has 1 N–H and O–H groups in total. The SMILES string of the molecule is c1ccc2cc3c(cc2c1)c1ccccc1n3-c1cc(C2=NC(c3ccc4c(ccc5ccccc54)c3)=NC(c3ccc4c(ccc5ccccc54)c3)N2)c2oc3ccccc3c2c1. The van der Waals surface area contributed by atoms with Crippen LogP contribution < -0.4 is 5.32 Å². The van der Waals surface area contributed by atoms with Crippen molar-refractivity contribution in [2.24, 2.45) is 9.98 Å². The molecular formula is C59H36N4O. The highest BCUT2D eigenvalue weighted by atomic mass is 16.3. The lowest BCUT2D eigenvalue weighted by molar-refractivity contribution is 0.660. The van der Waals surface area contributed by atoms with E-state index in [1.165, 1.54) is 53.9 Å². The molecule has 298 valence electrons.